The van der Waals surface area contributed by atoms with E-state index in [4.69, 9.17) is 21.1 Å². The maximum atomic E-state index is 12.5. The zero-order chi connectivity index (χ0) is 29.2. The first kappa shape index (κ1) is 31.8. The summed E-state index contributed by atoms with van der Waals surface area (Å²) < 4.78 is 9.83. The molecule has 2 aliphatic heterocycles. The van der Waals surface area contributed by atoms with Gasteiger partial charge in [0.25, 0.3) is 0 Å². The summed E-state index contributed by atoms with van der Waals surface area (Å²) in [5.41, 5.74) is 1.12. The fourth-order valence-corrected chi connectivity index (χ4v) is 3.57. The van der Waals surface area contributed by atoms with Gasteiger partial charge in [0.2, 0.25) is 11.1 Å². The molecular weight excluding hydrogens is 520 g/mol. The molecule has 0 radical (unpaired) electrons. The van der Waals surface area contributed by atoms with Crippen molar-refractivity contribution in [2.45, 2.75) is 66.5 Å². The first-order valence-electron chi connectivity index (χ1n) is 13.1. The third kappa shape index (κ3) is 8.82. The van der Waals surface area contributed by atoms with E-state index in [0.29, 0.717) is 13.0 Å². The molecule has 4 rings (SSSR count). The number of carbonyl (C=O) groups excluding carboxylic acids is 4. The number of hydrogen-bond donors (Lipinski definition) is 1. The van der Waals surface area contributed by atoms with Gasteiger partial charge in [0.05, 0.1) is 6.04 Å². The van der Waals surface area contributed by atoms with Crippen LogP contribution in [0.1, 0.15) is 77.6 Å². The van der Waals surface area contributed by atoms with Crippen molar-refractivity contribution >= 4 is 34.9 Å². The van der Waals surface area contributed by atoms with Crippen molar-refractivity contribution in [3.05, 3.63) is 71.8 Å². The number of halogens is 1. The molecule has 1 N–H and O–H groups in total. The molecule has 39 heavy (non-hydrogen) atoms. The fraction of sp³-hybridized carbons (Fsp3) is 0.467. The van der Waals surface area contributed by atoms with Crippen molar-refractivity contribution in [2.75, 3.05) is 13.2 Å². The summed E-state index contributed by atoms with van der Waals surface area (Å²) in [4.78, 5) is 46.8. The minimum Gasteiger partial charge on any atom is -0.447 e. The molecule has 3 amide bonds. The lowest BCUT2D eigenvalue weighted by Crippen LogP contribution is -2.42. The molecule has 0 spiro atoms. The number of benzene rings is 2. The van der Waals surface area contributed by atoms with Gasteiger partial charge in [-0.15, -0.1) is 0 Å². The van der Waals surface area contributed by atoms with Crippen molar-refractivity contribution in [2.24, 2.45) is 10.8 Å². The molecule has 8 nitrogen and oxygen atoms in total. The van der Waals surface area contributed by atoms with E-state index in [2.05, 4.69) is 5.32 Å². The number of hydrogen-bond acceptors (Lipinski definition) is 6. The number of nitrogens with zero attached hydrogens (tertiary/aromatic N) is 1. The van der Waals surface area contributed by atoms with E-state index < -0.39 is 11.5 Å². The molecule has 0 saturated carbocycles. The smallest absolute Gasteiger partial charge is 0.417 e. The van der Waals surface area contributed by atoms with Crippen molar-refractivity contribution < 1.29 is 28.7 Å². The van der Waals surface area contributed by atoms with Crippen LogP contribution in [-0.4, -0.2) is 41.4 Å². The number of alkyl carbamates (subject to hydrolysis) is 1. The highest BCUT2D eigenvalue weighted by Gasteiger charge is 2.43. The zero-order valence-electron chi connectivity index (χ0n) is 23.5. The molecular formula is C30H39ClN2O6. The summed E-state index contributed by atoms with van der Waals surface area (Å²) >= 11 is 5.23. The van der Waals surface area contributed by atoms with E-state index in [1.54, 1.807) is 0 Å². The van der Waals surface area contributed by atoms with E-state index in [-0.39, 0.29) is 41.3 Å². The second-order valence-corrected chi connectivity index (χ2v) is 11.0. The van der Waals surface area contributed by atoms with Crippen molar-refractivity contribution in [1.82, 2.24) is 10.2 Å². The number of carbonyl (C=O) groups is 4. The minimum absolute atomic E-state index is 0.0266. The average Bonchev–Trinajstić information content (AvgIpc) is 3.55. The van der Waals surface area contributed by atoms with Gasteiger partial charge in [0, 0.05) is 10.8 Å². The van der Waals surface area contributed by atoms with Gasteiger partial charge >= 0.3 is 12.2 Å². The highest BCUT2D eigenvalue weighted by atomic mass is 35.5. The third-order valence-corrected chi connectivity index (χ3v) is 7.54. The Hall–Kier alpha value is -3.39. The van der Waals surface area contributed by atoms with E-state index in [1.165, 1.54) is 4.90 Å². The van der Waals surface area contributed by atoms with E-state index in [0.717, 1.165) is 17.5 Å². The van der Waals surface area contributed by atoms with Crippen molar-refractivity contribution in [3.63, 3.8) is 0 Å². The molecule has 0 aliphatic carbocycles. The largest absolute Gasteiger partial charge is 0.447 e. The number of cyclic esters (lactones) is 2. The van der Waals surface area contributed by atoms with Gasteiger partial charge in [-0.2, -0.15) is 0 Å². The van der Waals surface area contributed by atoms with Gasteiger partial charge < -0.3 is 14.8 Å². The van der Waals surface area contributed by atoms with Crippen LogP contribution in [0.25, 0.3) is 0 Å². The molecule has 2 aliphatic rings. The lowest BCUT2D eigenvalue weighted by atomic mass is 9.88. The molecule has 2 saturated heterocycles. The van der Waals surface area contributed by atoms with Gasteiger partial charge in [0.15, 0.2) is 0 Å². The molecule has 2 aromatic rings. The molecule has 212 valence electrons. The van der Waals surface area contributed by atoms with Crippen LogP contribution < -0.4 is 5.32 Å². The molecule has 2 aromatic carbocycles. The summed E-state index contributed by atoms with van der Waals surface area (Å²) in [5, 5.41) is 2.46. The molecule has 2 heterocycles. The highest BCUT2D eigenvalue weighted by molar-refractivity contribution is 6.64. The predicted molar refractivity (Wildman–Crippen MR) is 150 cm³/mol. The highest BCUT2D eigenvalue weighted by Crippen LogP contribution is 2.33. The van der Waals surface area contributed by atoms with Crippen LogP contribution in [0.2, 0.25) is 0 Å². The standard InChI is InChI=1S/C15H19NO3.C9H9NO2.C6H11ClO/c1-4-15(2,3)13(17)16-12(10-19-14(16)18)11-8-6-5-7-9-11;11-9-10-8(6-12-9)7-4-2-1-3-5-7;1-4-6(2,3)5(7)8/h5-9,12H,4,10H2,1-3H3;1-5,8H,6H2,(H,10,11);4H2,1-3H3/t12-;8-;/m00./s1. The van der Waals surface area contributed by atoms with Crippen molar-refractivity contribution in [3.8, 4) is 0 Å². The Kier molecular flexibility index (Phi) is 11.5. The number of amides is 3. The van der Waals surface area contributed by atoms with E-state index >= 15 is 0 Å². The number of rotatable bonds is 6. The van der Waals surface area contributed by atoms with Crippen LogP contribution >= 0.6 is 11.6 Å². The number of imide groups is 1. The molecule has 2 atom stereocenters. The summed E-state index contributed by atoms with van der Waals surface area (Å²) in [5.74, 6) is -0.175. The average molecular weight is 559 g/mol. The van der Waals surface area contributed by atoms with Crippen LogP contribution in [0.5, 0.6) is 0 Å². The van der Waals surface area contributed by atoms with Crippen LogP contribution in [0.3, 0.4) is 0 Å². The van der Waals surface area contributed by atoms with Gasteiger partial charge in [-0.25, -0.2) is 14.5 Å². The molecule has 0 unspecified atom stereocenters. The van der Waals surface area contributed by atoms with Crippen LogP contribution in [0.15, 0.2) is 60.7 Å². The SMILES string of the molecule is CCC(C)(C)C(=O)Cl.CCC(C)(C)C(=O)N1C(=O)OC[C@H]1c1ccccc1.O=C1N[C@H](c2ccccc2)CO1. The second kappa shape index (κ2) is 14.1. The Morgan fingerprint density at radius 3 is 1.77 bits per heavy atom. The lowest BCUT2D eigenvalue weighted by molar-refractivity contribution is -0.138. The lowest BCUT2D eigenvalue weighted by Gasteiger charge is -2.29. The van der Waals surface area contributed by atoms with Crippen molar-refractivity contribution in [1.29, 1.82) is 0 Å². The van der Waals surface area contributed by atoms with Crippen LogP contribution in [0, 0.1) is 10.8 Å². The minimum atomic E-state index is -0.559. The fourth-order valence-electron chi connectivity index (χ4n) is 3.43. The number of ether oxygens (including phenoxy) is 2. The molecule has 0 aromatic heterocycles. The first-order chi connectivity index (χ1) is 18.3. The molecule has 9 heteroatoms. The van der Waals surface area contributed by atoms with Crippen LogP contribution in [0.4, 0.5) is 9.59 Å². The third-order valence-electron chi connectivity index (χ3n) is 7.03. The Morgan fingerprint density at radius 2 is 1.36 bits per heavy atom. The summed E-state index contributed by atoms with van der Waals surface area (Å²) in [6.45, 7) is 11.9. The van der Waals surface area contributed by atoms with E-state index in [9.17, 15) is 19.2 Å². The molecule has 0 bridgehead atoms. The monoisotopic (exact) mass is 558 g/mol. The van der Waals surface area contributed by atoms with Gasteiger partial charge in [-0.1, -0.05) is 102 Å². The first-order valence-corrected chi connectivity index (χ1v) is 13.4. The second-order valence-electron chi connectivity index (χ2n) is 10.6. The zero-order valence-corrected chi connectivity index (χ0v) is 24.3. The summed E-state index contributed by atoms with van der Waals surface area (Å²) in [6, 6.07) is 19.0. The van der Waals surface area contributed by atoms with E-state index in [1.807, 2.05) is 102 Å². The Morgan fingerprint density at radius 1 is 0.846 bits per heavy atom. The topological polar surface area (TPSA) is 102 Å². The number of nitrogens with one attached hydrogen (secondary N) is 1. The van der Waals surface area contributed by atoms with Gasteiger partial charge in [-0.3, -0.25) is 9.59 Å². The summed E-state index contributed by atoms with van der Waals surface area (Å²) in [7, 11) is 0. The van der Waals surface area contributed by atoms with Gasteiger partial charge in [-0.05, 0) is 35.6 Å². The Bertz CT molecular complexity index is 1120. The normalized spacial score (nSPS) is 18.5. The summed E-state index contributed by atoms with van der Waals surface area (Å²) in [6.07, 6.45) is 0.608. The quantitative estimate of drug-likeness (QED) is 0.391. The van der Waals surface area contributed by atoms with Crippen LogP contribution in [-0.2, 0) is 19.1 Å². The predicted octanol–water partition coefficient (Wildman–Crippen LogP) is 6.80. The molecule has 2 fully saturated rings. The Labute approximate surface area is 236 Å². The maximum absolute atomic E-state index is 12.5. The Balaban J connectivity index is 0.000000228. The maximum Gasteiger partial charge on any atom is 0.417 e. The van der Waals surface area contributed by atoms with Gasteiger partial charge in [0.1, 0.15) is 19.3 Å².